The van der Waals surface area contributed by atoms with Crippen molar-refractivity contribution in [3.05, 3.63) is 17.8 Å². The molecule has 2 heterocycles. The summed E-state index contributed by atoms with van der Waals surface area (Å²) in [7, 11) is 0. The van der Waals surface area contributed by atoms with E-state index in [4.69, 9.17) is 16.1 Å². The van der Waals surface area contributed by atoms with Crippen LogP contribution in [-0.4, -0.2) is 29.8 Å². The lowest BCUT2D eigenvalue weighted by molar-refractivity contribution is 0.238. The summed E-state index contributed by atoms with van der Waals surface area (Å²) in [6.45, 7) is 1.83. The molecule has 0 saturated carbocycles. The van der Waals surface area contributed by atoms with Crippen molar-refractivity contribution in [3.63, 3.8) is 0 Å². The van der Waals surface area contributed by atoms with Crippen LogP contribution in [-0.2, 0) is 0 Å². The number of aliphatic hydroxyl groups excluding tert-OH is 1. The van der Waals surface area contributed by atoms with E-state index >= 15 is 0 Å². The van der Waals surface area contributed by atoms with Gasteiger partial charge in [-0.15, -0.1) is 0 Å². The van der Waals surface area contributed by atoms with E-state index in [-0.39, 0.29) is 6.61 Å². The molecule has 0 aromatic carbocycles. The molecule has 3 N–H and O–H groups in total. The zero-order valence-electron chi connectivity index (χ0n) is 8.93. The first-order valence-corrected chi connectivity index (χ1v) is 5.26. The van der Waals surface area contributed by atoms with E-state index < -0.39 is 0 Å². The number of hydrogen-bond acceptors (Lipinski definition) is 5. The summed E-state index contributed by atoms with van der Waals surface area (Å²) in [5.74, 6) is 1.02. The van der Waals surface area contributed by atoms with E-state index in [0.717, 1.165) is 25.3 Å². The minimum atomic E-state index is 0.201. The zero-order valence-corrected chi connectivity index (χ0v) is 8.93. The lowest BCUT2D eigenvalue weighted by atomic mass is 10.1. The first-order chi connectivity index (χ1) is 7.74. The average molecular weight is 218 g/mol. The van der Waals surface area contributed by atoms with Crippen LogP contribution in [0.4, 0.5) is 11.5 Å². The number of nitrogens with zero attached hydrogens (tertiary/aromatic N) is 3. The highest BCUT2D eigenvalue weighted by molar-refractivity contribution is 5.64. The fraction of sp³-hybridized carbons (Fsp3) is 0.455. The van der Waals surface area contributed by atoms with Gasteiger partial charge in [0.25, 0.3) is 0 Å². The molecule has 0 spiro atoms. The fourth-order valence-electron chi connectivity index (χ4n) is 1.97. The number of nitrogens with two attached hydrogens (primary N) is 1. The Kier molecular flexibility index (Phi) is 2.93. The second-order valence-corrected chi connectivity index (χ2v) is 4.03. The van der Waals surface area contributed by atoms with Gasteiger partial charge in [0.1, 0.15) is 6.07 Å². The maximum Gasteiger partial charge on any atom is 0.151 e. The molecule has 0 bridgehead atoms. The van der Waals surface area contributed by atoms with Crippen LogP contribution in [0, 0.1) is 17.2 Å². The van der Waals surface area contributed by atoms with E-state index in [2.05, 4.69) is 9.88 Å². The Balaban J connectivity index is 2.19. The molecular formula is C11H14N4O. The number of hydrogen-bond donors (Lipinski definition) is 2. The van der Waals surface area contributed by atoms with Crippen LogP contribution in [0.15, 0.2) is 12.3 Å². The Morgan fingerprint density at radius 3 is 3.06 bits per heavy atom. The molecular weight excluding hydrogens is 204 g/mol. The van der Waals surface area contributed by atoms with E-state index in [0.29, 0.717) is 17.2 Å². The summed E-state index contributed by atoms with van der Waals surface area (Å²) < 4.78 is 0. The Bertz CT molecular complexity index is 426. The Morgan fingerprint density at radius 2 is 2.50 bits per heavy atom. The lowest BCUT2D eigenvalue weighted by Crippen LogP contribution is -2.22. The Morgan fingerprint density at radius 1 is 1.69 bits per heavy atom. The van der Waals surface area contributed by atoms with Gasteiger partial charge in [0.2, 0.25) is 0 Å². The van der Waals surface area contributed by atoms with Gasteiger partial charge in [-0.3, -0.25) is 0 Å². The highest BCUT2D eigenvalue weighted by atomic mass is 16.3. The second kappa shape index (κ2) is 4.37. The molecule has 1 aromatic heterocycles. The third-order valence-corrected chi connectivity index (χ3v) is 2.87. The van der Waals surface area contributed by atoms with Crippen molar-refractivity contribution >= 4 is 11.5 Å². The van der Waals surface area contributed by atoms with Crippen molar-refractivity contribution in [2.45, 2.75) is 6.42 Å². The molecule has 1 saturated heterocycles. The molecule has 1 aliphatic heterocycles. The minimum Gasteiger partial charge on any atom is -0.396 e. The van der Waals surface area contributed by atoms with Crippen LogP contribution in [0.25, 0.3) is 0 Å². The molecule has 0 amide bonds. The van der Waals surface area contributed by atoms with Crippen molar-refractivity contribution in [3.8, 4) is 6.07 Å². The third kappa shape index (κ3) is 1.92. The van der Waals surface area contributed by atoms with E-state index in [1.165, 1.54) is 6.20 Å². The smallest absolute Gasteiger partial charge is 0.151 e. The minimum absolute atomic E-state index is 0.201. The summed E-state index contributed by atoms with van der Waals surface area (Å²) in [5.41, 5.74) is 6.84. The predicted octanol–water partition coefficient (Wildman–Crippen LogP) is 0.354. The number of pyridine rings is 1. The molecule has 16 heavy (non-hydrogen) atoms. The molecule has 5 heteroatoms. The SMILES string of the molecule is N#Cc1cnc(N2CCC(CO)C2)c(N)c1. The number of anilines is 2. The highest BCUT2D eigenvalue weighted by Gasteiger charge is 2.24. The monoisotopic (exact) mass is 218 g/mol. The van der Waals surface area contributed by atoms with Gasteiger partial charge in [-0.05, 0) is 12.5 Å². The second-order valence-electron chi connectivity index (χ2n) is 4.03. The molecule has 5 nitrogen and oxygen atoms in total. The van der Waals surface area contributed by atoms with Gasteiger partial charge < -0.3 is 15.7 Å². The van der Waals surface area contributed by atoms with Gasteiger partial charge in [-0.1, -0.05) is 0 Å². The first-order valence-electron chi connectivity index (χ1n) is 5.26. The van der Waals surface area contributed by atoms with Crippen molar-refractivity contribution in [2.75, 3.05) is 30.3 Å². The summed E-state index contributed by atoms with van der Waals surface area (Å²) >= 11 is 0. The zero-order chi connectivity index (χ0) is 11.5. The summed E-state index contributed by atoms with van der Waals surface area (Å²) in [5, 5.41) is 17.8. The lowest BCUT2D eigenvalue weighted by Gasteiger charge is -2.18. The highest BCUT2D eigenvalue weighted by Crippen LogP contribution is 2.26. The van der Waals surface area contributed by atoms with Gasteiger partial charge >= 0.3 is 0 Å². The largest absolute Gasteiger partial charge is 0.396 e. The standard InChI is InChI=1S/C11H14N4O/c12-4-9-3-10(13)11(14-5-9)15-2-1-8(6-15)7-16/h3,5,8,16H,1-2,6-7,13H2. The van der Waals surface area contributed by atoms with Crippen LogP contribution in [0.1, 0.15) is 12.0 Å². The van der Waals surface area contributed by atoms with Crippen molar-refractivity contribution in [1.82, 2.24) is 4.98 Å². The van der Waals surface area contributed by atoms with Crippen LogP contribution < -0.4 is 10.6 Å². The van der Waals surface area contributed by atoms with Crippen molar-refractivity contribution in [1.29, 1.82) is 5.26 Å². The number of nitriles is 1. The first kappa shape index (κ1) is 10.7. The third-order valence-electron chi connectivity index (χ3n) is 2.87. The quantitative estimate of drug-likeness (QED) is 0.748. The van der Waals surface area contributed by atoms with Gasteiger partial charge in [-0.25, -0.2) is 4.98 Å². The molecule has 84 valence electrons. The molecule has 1 fully saturated rings. The van der Waals surface area contributed by atoms with Gasteiger partial charge in [0, 0.05) is 31.8 Å². The van der Waals surface area contributed by atoms with Crippen LogP contribution >= 0.6 is 0 Å². The molecule has 0 aliphatic carbocycles. The van der Waals surface area contributed by atoms with Crippen LogP contribution in [0.5, 0.6) is 0 Å². The molecule has 1 aliphatic rings. The average Bonchev–Trinajstić information content (AvgIpc) is 2.77. The normalized spacial score (nSPS) is 19.8. The molecule has 1 aromatic rings. The maximum atomic E-state index is 9.06. The van der Waals surface area contributed by atoms with Crippen LogP contribution in [0.2, 0.25) is 0 Å². The van der Waals surface area contributed by atoms with E-state index in [1.54, 1.807) is 6.07 Å². The van der Waals surface area contributed by atoms with Crippen LogP contribution in [0.3, 0.4) is 0 Å². The van der Waals surface area contributed by atoms with Gasteiger partial charge in [-0.2, -0.15) is 5.26 Å². The van der Waals surface area contributed by atoms with Gasteiger partial charge in [0.15, 0.2) is 5.82 Å². The summed E-state index contributed by atoms with van der Waals surface area (Å²) in [4.78, 5) is 6.25. The number of aliphatic hydroxyl groups is 1. The number of rotatable bonds is 2. The van der Waals surface area contributed by atoms with Crippen molar-refractivity contribution in [2.24, 2.45) is 5.92 Å². The topological polar surface area (TPSA) is 86.2 Å². The van der Waals surface area contributed by atoms with Gasteiger partial charge in [0.05, 0.1) is 11.3 Å². The number of nitrogen functional groups attached to an aromatic ring is 1. The molecule has 1 atom stereocenters. The summed E-state index contributed by atoms with van der Waals surface area (Å²) in [6, 6.07) is 3.64. The Labute approximate surface area is 94.1 Å². The molecule has 2 rings (SSSR count). The van der Waals surface area contributed by atoms with E-state index in [9.17, 15) is 0 Å². The summed E-state index contributed by atoms with van der Waals surface area (Å²) in [6.07, 6.45) is 2.48. The molecule has 0 radical (unpaired) electrons. The maximum absolute atomic E-state index is 9.06. The number of aromatic nitrogens is 1. The van der Waals surface area contributed by atoms with Crippen molar-refractivity contribution < 1.29 is 5.11 Å². The van der Waals surface area contributed by atoms with E-state index in [1.807, 2.05) is 6.07 Å². The predicted molar refractivity (Wildman–Crippen MR) is 60.8 cm³/mol. The molecule has 1 unspecified atom stereocenters. The Hall–Kier alpha value is -1.80. The fourth-order valence-corrected chi connectivity index (χ4v) is 1.97.